The summed E-state index contributed by atoms with van der Waals surface area (Å²) < 4.78 is 10.2. The van der Waals surface area contributed by atoms with Gasteiger partial charge in [0.1, 0.15) is 5.75 Å². The third-order valence-electron chi connectivity index (χ3n) is 4.83. The molecule has 1 amide bonds. The van der Waals surface area contributed by atoms with Crippen LogP contribution in [0.4, 0.5) is 16.2 Å². The molecule has 0 radical (unpaired) electrons. The molecular formula is C21H24N2O4. The number of aryl methyl sites for hydroxylation is 1. The number of hydrogen-bond acceptors (Lipinski definition) is 5. The molecule has 1 unspecified atom stereocenters. The van der Waals surface area contributed by atoms with Crippen LogP contribution in [0.15, 0.2) is 42.5 Å². The molecule has 142 valence electrons. The van der Waals surface area contributed by atoms with E-state index in [1.165, 1.54) is 12.0 Å². The number of rotatable bonds is 5. The zero-order valence-electron chi connectivity index (χ0n) is 15.8. The molecule has 6 nitrogen and oxygen atoms in total. The number of esters is 1. The number of anilines is 2. The Kier molecular flexibility index (Phi) is 5.64. The molecule has 3 rings (SSSR count). The van der Waals surface area contributed by atoms with Gasteiger partial charge in [-0.2, -0.15) is 0 Å². The molecule has 0 aromatic heterocycles. The average molecular weight is 368 g/mol. The topological polar surface area (TPSA) is 67.9 Å². The maximum atomic E-state index is 12.4. The van der Waals surface area contributed by atoms with Crippen LogP contribution in [0.2, 0.25) is 0 Å². The Hall–Kier alpha value is -3.02. The number of ether oxygens (including phenoxy) is 2. The van der Waals surface area contributed by atoms with Crippen LogP contribution in [0.3, 0.4) is 0 Å². The molecule has 0 saturated carbocycles. The van der Waals surface area contributed by atoms with Gasteiger partial charge in [0.25, 0.3) is 0 Å². The SMILES string of the molecule is COC(=O)CCC1CNc2cc(OC(=O)N(C)c3ccc(C)cc3)ccc21. The first-order valence-corrected chi connectivity index (χ1v) is 8.94. The van der Waals surface area contributed by atoms with Crippen molar-refractivity contribution in [3.05, 3.63) is 53.6 Å². The van der Waals surface area contributed by atoms with Gasteiger partial charge in [-0.25, -0.2) is 4.79 Å². The Labute approximate surface area is 159 Å². The van der Waals surface area contributed by atoms with Crippen molar-refractivity contribution in [2.24, 2.45) is 0 Å². The summed E-state index contributed by atoms with van der Waals surface area (Å²) in [6.45, 7) is 2.76. The first-order chi connectivity index (χ1) is 13.0. The van der Waals surface area contributed by atoms with Gasteiger partial charge in [-0.1, -0.05) is 23.8 Å². The Morgan fingerprint density at radius 3 is 2.63 bits per heavy atom. The van der Waals surface area contributed by atoms with Gasteiger partial charge < -0.3 is 14.8 Å². The van der Waals surface area contributed by atoms with Crippen LogP contribution in [-0.4, -0.2) is 32.8 Å². The average Bonchev–Trinajstić information content (AvgIpc) is 3.08. The first-order valence-electron chi connectivity index (χ1n) is 8.94. The molecule has 27 heavy (non-hydrogen) atoms. The van der Waals surface area contributed by atoms with Crippen LogP contribution in [0.1, 0.15) is 29.9 Å². The van der Waals surface area contributed by atoms with Gasteiger partial charge in [0, 0.05) is 43.4 Å². The number of carbonyl (C=O) groups excluding carboxylic acids is 2. The second-order valence-electron chi connectivity index (χ2n) is 6.70. The van der Waals surface area contributed by atoms with E-state index >= 15 is 0 Å². The molecule has 1 heterocycles. The van der Waals surface area contributed by atoms with Crippen molar-refractivity contribution in [1.82, 2.24) is 0 Å². The summed E-state index contributed by atoms with van der Waals surface area (Å²) in [6, 6.07) is 13.2. The summed E-state index contributed by atoms with van der Waals surface area (Å²) in [5.41, 5.74) is 3.97. The number of hydrogen-bond donors (Lipinski definition) is 1. The minimum atomic E-state index is -0.445. The van der Waals surface area contributed by atoms with Crippen LogP contribution >= 0.6 is 0 Å². The van der Waals surface area contributed by atoms with Gasteiger partial charge >= 0.3 is 12.1 Å². The number of amides is 1. The van der Waals surface area contributed by atoms with E-state index in [0.717, 1.165) is 35.5 Å². The molecule has 1 aliphatic rings. The monoisotopic (exact) mass is 368 g/mol. The largest absolute Gasteiger partial charge is 0.469 e. The summed E-state index contributed by atoms with van der Waals surface area (Å²) in [4.78, 5) is 25.2. The van der Waals surface area contributed by atoms with Crippen LogP contribution < -0.4 is 15.0 Å². The summed E-state index contributed by atoms with van der Waals surface area (Å²) in [7, 11) is 3.08. The van der Waals surface area contributed by atoms with Crippen molar-refractivity contribution in [2.75, 3.05) is 30.9 Å². The van der Waals surface area contributed by atoms with Gasteiger partial charge in [-0.15, -0.1) is 0 Å². The van der Waals surface area contributed by atoms with Crippen LogP contribution in [-0.2, 0) is 9.53 Å². The lowest BCUT2D eigenvalue weighted by Crippen LogP contribution is -2.29. The predicted octanol–water partition coefficient (Wildman–Crippen LogP) is 4.09. The van der Waals surface area contributed by atoms with Crippen molar-refractivity contribution >= 4 is 23.4 Å². The van der Waals surface area contributed by atoms with Gasteiger partial charge in [0.15, 0.2) is 0 Å². The molecule has 6 heteroatoms. The normalized spacial score (nSPS) is 14.9. The van der Waals surface area contributed by atoms with E-state index in [0.29, 0.717) is 12.2 Å². The molecule has 1 atom stereocenters. The Morgan fingerprint density at radius 2 is 1.93 bits per heavy atom. The number of nitrogens with zero attached hydrogens (tertiary/aromatic N) is 1. The van der Waals surface area contributed by atoms with E-state index in [-0.39, 0.29) is 11.9 Å². The van der Waals surface area contributed by atoms with E-state index in [2.05, 4.69) is 5.32 Å². The highest BCUT2D eigenvalue weighted by Gasteiger charge is 2.24. The van der Waals surface area contributed by atoms with E-state index in [1.807, 2.05) is 43.3 Å². The molecule has 2 aromatic carbocycles. The highest BCUT2D eigenvalue weighted by atomic mass is 16.6. The van der Waals surface area contributed by atoms with Crippen molar-refractivity contribution in [2.45, 2.75) is 25.7 Å². The number of nitrogens with one attached hydrogen (secondary N) is 1. The molecule has 0 aliphatic carbocycles. The zero-order chi connectivity index (χ0) is 19.4. The Bertz CT molecular complexity index is 833. The summed E-state index contributed by atoms with van der Waals surface area (Å²) in [5, 5.41) is 3.32. The summed E-state index contributed by atoms with van der Waals surface area (Å²) in [6.07, 6.45) is 0.668. The van der Waals surface area contributed by atoms with Crippen molar-refractivity contribution in [1.29, 1.82) is 0 Å². The Balaban J connectivity index is 1.64. The van der Waals surface area contributed by atoms with Crippen molar-refractivity contribution < 1.29 is 19.1 Å². The number of methoxy groups -OCH3 is 1. The van der Waals surface area contributed by atoms with E-state index in [9.17, 15) is 9.59 Å². The van der Waals surface area contributed by atoms with Gasteiger partial charge in [-0.3, -0.25) is 9.69 Å². The third kappa shape index (κ3) is 4.39. The smallest absolute Gasteiger partial charge is 0.419 e. The minimum absolute atomic E-state index is 0.201. The second kappa shape index (κ2) is 8.12. The van der Waals surface area contributed by atoms with Crippen molar-refractivity contribution in [3.8, 4) is 5.75 Å². The van der Waals surface area contributed by atoms with Crippen LogP contribution in [0, 0.1) is 6.92 Å². The summed E-state index contributed by atoms with van der Waals surface area (Å²) in [5.74, 6) is 0.533. The van der Waals surface area contributed by atoms with E-state index < -0.39 is 6.09 Å². The van der Waals surface area contributed by atoms with Gasteiger partial charge in [0.05, 0.1) is 7.11 Å². The fraction of sp³-hybridized carbons (Fsp3) is 0.333. The standard InChI is InChI=1S/C21H24N2O4/c1-14-4-7-16(8-5-14)23(2)21(25)27-17-9-10-18-15(6-11-20(24)26-3)13-22-19(18)12-17/h4-5,7-10,12,15,22H,6,11,13H2,1-3H3. The van der Waals surface area contributed by atoms with Crippen LogP contribution in [0.25, 0.3) is 0 Å². The van der Waals surface area contributed by atoms with E-state index in [4.69, 9.17) is 9.47 Å². The predicted molar refractivity (Wildman–Crippen MR) is 105 cm³/mol. The van der Waals surface area contributed by atoms with Gasteiger partial charge in [-0.05, 0) is 37.1 Å². The van der Waals surface area contributed by atoms with E-state index in [1.54, 1.807) is 13.1 Å². The molecule has 2 aromatic rings. The fourth-order valence-corrected chi connectivity index (χ4v) is 3.15. The molecule has 0 saturated heterocycles. The molecule has 1 N–H and O–H groups in total. The quantitative estimate of drug-likeness (QED) is 0.805. The maximum absolute atomic E-state index is 12.4. The molecule has 0 spiro atoms. The molecule has 0 fully saturated rings. The van der Waals surface area contributed by atoms with Crippen LogP contribution in [0.5, 0.6) is 5.75 Å². The maximum Gasteiger partial charge on any atom is 0.419 e. The highest BCUT2D eigenvalue weighted by Crippen LogP contribution is 2.37. The number of carbonyl (C=O) groups is 2. The number of benzene rings is 2. The zero-order valence-corrected chi connectivity index (χ0v) is 15.8. The lowest BCUT2D eigenvalue weighted by molar-refractivity contribution is -0.140. The third-order valence-corrected chi connectivity index (χ3v) is 4.83. The number of fused-ring (bicyclic) bond motifs is 1. The minimum Gasteiger partial charge on any atom is -0.469 e. The lowest BCUT2D eigenvalue weighted by atomic mass is 9.96. The molecular weight excluding hydrogens is 344 g/mol. The van der Waals surface area contributed by atoms with Crippen molar-refractivity contribution in [3.63, 3.8) is 0 Å². The molecule has 0 bridgehead atoms. The Morgan fingerprint density at radius 1 is 1.19 bits per heavy atom. The van der Waals surface area contributed by atoms with Gasteiger partial charge in [0.2, 0.25) is 0 Å². The second-order valence-corrected chi connectivity index (χ2v) is 6.70. The lowest BCUT2D eigenvalue weighted by Gasteiger charge is -2.17. The fourth-order valence-electron chi connectivity index (χ4n) is 3.15. The summed E-state index contributed by atoms with van der Waals surface area (Å²) >= 11 is 0. The first kappa shape index (κ1) is 18.8. The molecule has 1 aliphatic heterocycles. The highest BCUT2D eigenvalue weighted by molar-refractivity contribution is 5.88.